The Hall–Kier alpha value is -1.40. The van der Waals surface area contributed by atoms with E-state index < -0.39 is 12.8 Å². The van der Waals surface area contributed by atoms with Gasteiger partial charge in [-0.3, -0.25) is 0 Å². The molecule has 0 unspecified atom stereocenters. The first-order chi connectivity index (χ1) is 10.5. The second-order valence-corrected chi connectivity index (χ2v) is 7.27. The van der Waals surface area contributed by atoms with Crippen molar-refractivity contribution in [2.45, 2.75) is 11.1 Å². The molecule has 0 aromatic heterocycles. The first kappa shape index (κ1) is 15.5. The molecule has 3 rings (SSSR count). The van der Waals surface area contributed by atoms with Gasteiger partial charge in [0.2, 0.25) is 0 Å². The monoisotopic (exact) mass is 329 g/mol. The van der Waals surface area contributed by atoms with Gasteiger partial charge in [-0.2, -0.15) is 13.2 Å². The molecule has 22 heavy (non-hydrogen) atoms. The fraction of sp³-hybridized carbons (Fsp3) is 0.375. The number of halogens is 3. The molecule has 2 aromatic rings. The van der Waals surface area contributed by atoms with E-state index in [9.17, 15) is 13.2 Å². The highest BCUT2D eigenvalue weighted by atomic mass is 32.2. The van der Waals surface area contributed by atoms with Crippen LogP contribution < -0.4 is 4.74 Å². The molecule has 0 N–H and O–H groups in total. The minimum absolute atomic E-state index is 0.0853. The van der Waals surface area contributed by atoms with E-state index in [4.69, 9.17) is 9.47 Å². The lowest BCUT2D eigenvalue weighted by atomic mass is 10.1. The van der Waals surface area contributed by atoms with Crippen molar-refractivity contribution in [2.24, 2.45) is 0 Å². The Morgan fingerprint density at radius 1 is 1.00 bits per heavy atom. The zero-order valence-electron chi connectivity index (χ0n) is 11.9. The van der Waals surface area contributed by atoms with Crippen molar-refractivity contribution in [3.05, 3.63) is 36.4 Å². The molecule has 0 atom stereocenters. The fourth-order valence-electron chi connectivity index (χ4n) is 2.52. The third kappa shape index (κ3) is 3.50. The zero-order chi connectivity index (χ0) is 15.6. The maximum absolute atomic E-state index is 12.4. The van der Waals surface area contributed by atoms with Crippen LogP contribution in [0.5, 0.6) is 5.75 Å². The average molecular weight is 329 g/mol. The van der Waals surface area contributed by atoms with Crippen LogP contribution in [0.15, 0.2) is 41.3 Å². The van der Waals surface area contributed by atoms with Gasteiger partial charge in [-0.05, 0) is 18.2 Å². The summed E-state index contributed by atoms with van der Waals surface area (Å²) in [5.41, 5.74) is 0. The average Bonchev–Trinajstić information content (AvgIpc) is 2.52. The van der Waals surface area contributed by atoms with Gasteiger partial charge in [-0.15, -0.1) is 0 Å². The van der Waals surface area contributed by atoms with Crippen molar-refractivity contribution < 1.29 is 22.6 Å². The van der Waals surface area contributed by atoms with E-state index in [1.165, 1.54) is 4.90 Å². The summed E-state index contributed by atoms with van der Waals surface area (Å²) >= 11 is 0. The van der Waals surface area contributed by atoms with E-state index in [0.29, 0.717) is 0 Å². The number of alkyl halides is 3. The molecule has 1 saturated heterocycles. The highest BCUT2D eigenvalue weighted by Crippen LogP contribution is 2.33. The molecule has 0 spiro atoms. The molecule has 6 heteroatoms. The largest absolute Gasteiger partial charge is 0.483 e. The van der Waals surface area contributed by atoms with Crippen LogP contribution in [0, 0.1) is 0 Å². The molecule has 118 valence electrons. The standard InChI is InChI=1S/C16H16F3O2S/c17-16(18,19)11-21-14-5-6-15(22-9-7-20-8-10-22)13-4-2-1-3-12(13)14/h1-6H,7-11H2/q+1. The van der Waals surface area contributed by atoms with E-state index in [1.807, 2.05) is 30.3 Å². The van der Waals surface area contributed by atoms with Crippen LogP contribution in [0.3, 0.4) is 0 Å². The lowest BCUT2D eigenvalue weighted by molar-refractivity contribution is -0.153. The SMILES string of the molecule is FC(F)(F)COc1ccc([S+]2CCOCC2)c2ccccc12. The van der Waals surface area contributed by atoms with Gasteiger partial charge in [-0.25, -0.2) is 0 Å². The Balaban J connectivity index is 1.96. The lowest BCUT2D eigenvalue weighted by Crippen LogP contribution is -2.26. The molecule has 0 aliphatic carbocycles. The topological polar surface area (TPSA) is 18.5 Å². The van der Waals surface area contributed by atoms with Gasteiger partial charge in [0.1, 0.15) is 17.3 Å². The highest BCUT2D eigenvalue weighted by Gasteiger charge is 2.30. The van der Waals surface area contributed by atoms with Gasteiger partial charge in [0, 0.05) is 21.7 Å². The van der Waals surface area contributed by atoms with Crippen molar-refractivity contribution in [1.82, 2.24) is 0 Å². The highest BCUT2D eigenvalue weighted by molar-refractivity contribution is 7.97. The maximum Gasteiger partial charge on any atom is 0.422 e. The summed E-state index contributed by atoms with van der Waals surface area (Å²) in [5.74, 6) is 2.22. The predicted octanol–water partition coefficient (Wildman–Crippen LogP) is 3.79. The lowest BCUT2D eigenvalue weighted by Gasteiger charge is -2.17. The van der Waals surface area contributed by atoms with Crippen molar-refractivity contribution in [1.29, 1.82) is 0 Å². The van der Waals surface area contributed by atoms with Crippen molar-refractivity contribution in [2.75, 3.05) is 31.3 Å². The Kier molecular flexibility index (Phi) is 4.49. The minimum atomic E-state index is -4.33. The minimum Gasteiger partial charge on any atom is -0.483 e. The molecule has 0 radical (unpaired) electrons. The second-order valence-electron chi connectivity index (χ2n) is 5.02. The van der Waals surface area contributed by atoms with Crippen molar-refractivity contribution in [3.63, 3.8) is 0 Å². The summed E-state index contributed by atoms with van der Waals surface area (Å²) in [7, 11) is 0.0853. The Morgan fingerprint density at radius 3 is 2.36 bits per heavy atom. The Bertz CT molecular complexity index is 651. The summed E-state index contributed by atoms with van der Waals surface area (Å²) in [5, 5.41) is 1.72. The third-order valence-corrected chi connectivity index (χ3v) is 5.79. The maximum atomic E-state index is 12.4. The first-order valence-corrected chi connectivity index (χ1v) is 8.57. The van der Waals surface area contributed by atoms with Crippen LogP contribution in [0.1, 0.15) is 0 Å². The smallest absolute Gasteiger partial charge is 0.422 e. The molecule has 1 heterocycles. The van der Waals surface area contributed by atoms with Gasteiger partial charge in [0.15, 0.2) is 11.5 Å². The number of benzene rings is 2. The quantitative estimate of drug-likeness (QED) is 0.798. The van der Waals surface area contributed by atoms with Gasteiger partial charge in [0.25, 0.3) is 0 Å². The van der Waals surface area contributed by atoms with Crippen LogP contribution in [0.4, 0.5) is 13.2 Å². The van der Waals surface area contributed by atoms with Gasteiger partial charge >= 0.3 is 6.18 Å². The number of hydrogen-bond donors (Lipinski definition) is 0. The van der Waals surface area contributed by atoms with E-state index in [2.05, 4.69) is 0 Å². The summed E-state index contributed by atoms with van der Waals surface area (Å²) in [6.07, 6.45) is -4.33. The zero-order valence-corrected chi connectivity index (χ0v) is 12.7. The molecule has 2 aromatic carbocycles. The summed E-state index contributed by atoms with van der Waals surface area (Å²) in [6.45, 7) is 0.212. The molecule has 1 fully saturated rings. The number of ether oxygens (including phenoxy) is 2. The van der Waals surface area contributed by atoms with Gasteiger partial charge < -0.3 is 9.47 Å². The van der Waals surface area contributed by atoms with Crippen LogP contribution in [0.25, 0.3) is 10.8 Å². The molecule has 0 saturated carbocycles. The van der Waals surface area contributed by atoms with Crippen LogP contribution >= 0.6 is 0 Å². The Morgan fingerprint density at radius 2 is 1.68 bits per heavy atom. The molecule has 2 nitrogen and oxygen atoms in total. The summed E-state index contributed by atoms with van der Waals surface area (Å²) in [6, 6.07) is 11.1. The number of hydrogen-bond acceptors (Lipinski definition) is 2. The molecular formula is C16H16F3O2S+. The van der Waals surface area contributed by atoms with Crippen molar-refractivity contribution in [3.8, 4) is 5.75 Å². The summed E-state index contributed by atoms with van der Waals surface area (Å²) in [4.78, 5) is 1.19. The van der Waals surface area contributed by atoms with Crippen LogP contribution in [-0.2, 0) is 15.6 Å². The third-order valence-electron chi connectivity index (χ3n) is 3.49. The second kappa shape index (κ2) is 6.38. The van der Waals surface area contributed by atoms with E-state index in [0.717, 1.165) is 35.5 Å². The molecule has 1 aliphatic heterocycles. The van der Waals surface area contributed by atoms with Crippen molar-refractivity contribution >= 4 is 21.7 Å². The predicted molar refractivity (Wildman–Crippen MR) is 81.7 cm³/mol. The van der Waals surface area contributed by atoms with E-state index in [1.54, 1.807) is 6.07 Å². The normalized spacial score (nSPS) is 16.9. The fourth-order valence-corrected chi connectivity index (χ4v) is 4.56. The Labute approximate surface area is 129 Å². The van der Waals surface area contributed by atoms with Gasteiger partial charge in [-0.1, -0.05) is 18.2 Å². The molecule has 1 aliphatic rings. The van der Waals surface area contributed by atoms with Crippen LogP contribution in [-0.4, -0.2) is 37.5 Å². The molecular weight excluding hydrogens is 313 g/mol. The van der Waals surface area contributed by atoms with Gasteiger partial charge in [0.05, 0.1) is 13.2 Å². The van der Waals surface area contributed by atoms with E-state index >= 15 is 0 Å². The van der Waals surface area contributed by atoms with E-state index in [-0.39, 0.29) is 16.6 Å². The van der Waals surface area contributed by atoms with Crippen LogP contribution in [0.2, 0.25) is 0 Å². The molecule has 0 amide bonds. The summed E-state index contributed by atoms with van der Waals surface area (Å²) < 4.78 is 47.5. The first-order valence-electron chi connectivity index (χ1n) is 7.01. The number of fused-ring (bicyclic) bond motifs is 1. The number of rotatable bonds is 3. The molecule has 0 bridgehead atoms.